The number of urea groups is 1. The van der Waals surface area contributed by atoms with E-state index in [1.54, 1.807) is 6.08 Å². The SMILES string of the molecule is CN1C(=O)C(=C/C=C/C(C#N)=C2/C=CN3C(=C2)C(C)(C)c2cc(CN)ccc23)C(=O)N(C)C1=O. The number of nitriles is 1. The number of barbiturate groups is 1. The van der Waals surface area contributed by atoms with Crippen LogP contribution in [0.4, 0.5) is 10.5 Å². The minimum atomic E-state index is -0.682. The zero-order valence-corrected chi connectivity index (χ0v) is 19.5. The van der Waals surface area contributed by atoms with Gasteiger partial charge in [-0.3, -0.25) is 19.4 Å². The number of carbonyl (C=O) groups is 3. The van der Waals surface area contributed by atoms with Crippen molar-refractivity contribution in [3.05, 3.63) is 88.3 Å². The lowest BCUT2D eigenvalue weighted by molar-refractivity contribution is -0.134. The molecule has 8 heteroatoms. The molecule has 8 nitrogen and oxygen atoms in total. The summed E-state index contributed by atoms with van der Waals surface area (Å²) < 4.78 is 0. The van der Waals surface area contributed by atoms with Crippen LogP contribution in [0.25, 0.3) is 0 Å². The first kappa shape index (κ1) is 23.0. The predicted octanol–water partition coefficient (Wildman–Crippen LogP) is 3.01. The molecule has 3 aliphatic rings. The van der Waals surface area contributed by atoms with Crippen LogP contribution < -0.4 is 10.6 Å². The summed E-state index contributed by atoms with van der Waals surface area (Å²) in [4.78, 5) is 40.4. The van der Waals surface area contributed by atoms with Crippen molar-refractivity contribution in [2.75, 3.05) is 19.0 Å². The summed E-state index contributed by atoms with van der Waals surface area (Å²) in [6.45, 7) is 4.73. The van der Waals surface area contributed by atoms with Crippen LogP contribution in [0.15, 0.2) is 77.2 Å². The third-order valence-electron chi connectivity index (χ3n) is 6.43. The topological polar surface area (TPSA) is 111 Å². The lowest BCUT2D eigenvalue weighted by atomic mass is 9.82. The van der Waals surface area contributed by atoms with E-state index < -0.39 is 17.8 Å². The van der Waals surface area contributed by atoms with Crippen LogP contribution in [0.1, 0.15) is 25.0 Å². The number of anilines is 1. The fourth-order valence-electron chi connectivity index (χ4n) is 4.35. The fraction of sp³-hybridized carbons (Fsp3) is 0.231. The number of hydrogen-bond acceptors (Lipinski definition) is 6. The summed E-state index contributed by atoms with van der Waals surface area (Å²) in [5.74, 6) is -1.36. The van der Waals surface area contributed by atoms with Gasteiger partial charge < -0.3 is 10.6 Å². The van der Waals surface area contributed by atoms with Crippen LogP contribution in [-0.2, 0) is 21.5 Å². The second kappa shape index (κ2) is 8.28. The third kappa shape index (κ3) is 3.47. The maximum absolute atomic E-state index is 12.3. The zero-order chi connectivity index (χ0) is 24.8. The number of fused-ring (bicyclic) bond motifs is 3. The standard InChI is InChI=1S/C26H25N5O3/c1-26(2)20-12-16(14-27)8-9-21(20)31-11-10-17(13-22(26)31)18(15-28)6-5-7-19-23(32)29(3)25(34)30(4)24(19)33/h5-13H,14,27H2,1-4H3/b6-5+,18-17+. The Morgan fingerprint density at radius 3 is 2.44 bits per heavy atom. The van der Waals surface area contributed by atoms with Gasteiger partial charge in [-0.2, -0.15) is 5.26 Å². The summed E-state index contributed by atoms with van der Waals surface area (Å²) in [6, 6.07) is 7.71. The van der Waals surface area contributed by atoms with E-state index in [1.165, 1.54) is 31.8 Å². The van der Waals surface area contributed by atoms with Crippen molar-refractivity contribution in [3.63, 3.8) is 0 Å². The van der Waals surface area contributed by atoms with E-state index in [4.69, 9.17) is 5.73 Å². The average Bonchev–Trinajstić information content (AvgIpc) is 3.07. The lowest BCUT2D eigenvalue weighted by Crippen LogP contribution is -2.52. The van der Waals surface area contributed by atoms with E-state index in [0.29, 0.717) is 17.7 Å². The summed E-state index contributed by atoms with van der Waals surface area (Å²) in [7, 11) is 2.63. The van der Waals surface area contributed by atoms with Crippen LogP contribution in [0.5, 0.6) is 0 Å². The Bertz CT molecular complexity index is 1290. The van der Waals surface area contributed by atoms with E-state index in [0.717, 1.165) is 26.7 Å². The van der Waals surface area contributed by atoms with Crippen LogP contribution >= 0.6 is 0 Å². The minimum absolute atomic E-state index is 0.144. The molecule has 1 saturated heterocycles. The second-order valence-electron chi connectivity index (χ2n) is 8.83. The van der Waals surface area contributed by atoms with Gasteiger partial charge in [-0.15, -0.1) is 0 Å². The molecule has 4 rings (SSSR count). The maximum atomic E-state index is 12.3. The molecule has 0 spiro atoms. The van der Waals surface area contributed by atoms with Crippen molar-refractivity contribution >= 4 is 23.5 Å². The summed E-state index contributed by atoms with van der Waals surface area (Å²) in [6.07, 6.45) is 10.1. The highest BCUT2D eigenvalue weighted by molar-refractivity contribution is 6.28. The number of imide groups is 2. The Balaban J connectivity index is 1.68. The van der Waals surface area contributed by atoms with Gasteiger partial charge in [0.1, 0.15) is 5.57 Å². The monoisotopic (exact) mass is 455 g/mol. The third-order valence-corrected chi connectivity index (χ3v) is 6.43. The Kier molecular flexibility index (Phi) is 5.59. The predicted molar refractivity (Wildman–Crippen MR) is 128 cm³/mol. The number of rotatable bonds is 3. The van der Waals surface area contributed by atoms with Gasteiger partial charge in [-0.25, -0.2) is 4.79 Å². The Labute approximate surface area is 198 Å². The average molecular weight is 456 g/mol. The van der Waals surface area contributed by atoms with Gasteiger partial charge in [0.05, 0.1) is 11.6 Å². The number of allylic oxidation sites excluding steroid dienone is 8. The van der Waals surface area contributed by atoms with E-state index in [2.05, 4.69) is 36.9 Å². The normalized spacial score (nSPS) is 20.5. The van der Waals surface area contributed by atoms with Crippen LogP contribution in [0.3, 0.4) is 0 Å². The molecule has 3 heterocycles. The highest BCUT2D eigenvalue weighted by Crippen LogP contribution is 2.49. The zero-order valence-electron chi connectivity index (χ0n) is 19.5. The van der Waals surface area contributed by atoms with E-state index in [-0.39, 0.29) is 11.0 Å². The molecule has 1 fully saturated rings. The molecule has 4 amide bonds. The number of nitrogens with two attached hydrogens (primary N) is 1. The van der Waals surface area contributed by atoms with Crippen molar-refractivity contribution < 1.29 is 14.4 Å². The minimum Gasteiger partial charge on any atom is -0.326 e. The quantitative estimate of drug-likeness (QED) is 0.426. The molecule has 34 heavy (non-hydrogen) atoms. The molecule has 1 aromatic carbocycles. The van der Waals surface area contributed by atoms with Gasteiger partial charge in [0, 0.05) is 43.6 Å². The lowest BCUT2D eigenvalue weighted by Gasteiger charge is -2.28. The number of hydrogen-bond donors (Lipinski definition) is 1. The molecule has 0 saturated carbocycles. The summed E-state index contributed by atoms with van der Waals surface area (Å²) in [5, 5.41) is 9.79. The number of benzene rings is 1. The molecule has 0 aliphatic carbocycles. The van der Waals surface area contributed by atoms with E-state index in [1.807, 2.05) is 24.4 Å². The van der Waals surface area contributed by atoms with Crippen molar-refractivity contribution in [3.8, 4) is 6.07 Å². The largest absolute Gasteiger partial charge is 0.333 e. The van der Waals surface area contributed by atoms with Crippen molar-refractivity contribution in [1.29, 1.82) is 5.26 Å². The molecular weight excluding hydrogens is 430 g/mol. The highest BCUT2D eigenvalue weighted by Gasteiger charge is 2.41. The fourth-order valence-corrected chi connectivity index (χ4v) is 4.35. The van der Waals surface area contributed by atoms with Crippen molar-refractivity contribution in [2.45, 2.75) is 25.8 Å². The first-order chi connectivity index (χ1) is 16.1. The molecular formula is C26H25N5O3. The molecule has 1 aromatic rings. The van der Waals surface area contributed by atoms with Crippen LogP contribution in [-0.4, -0.2) is 41.7 Å². The van der Waals surface area contributed by atoms with E-state index in [9.17, 15) is 19.6 Å². The Hall–Kier alpha value is -4.22. The molecule has 2 N–H and O–H groups in total. The molecule has 0 bridgehead atoms. The summed E-state index contributed by atoms with van der Waals surface area (Å²) in [5.41, 5.74) is 10.9. The molecule has 3 aliphatic heterocycles. The smallest absolute Gasteiger partial charge is 0.326 e. The molecule has 0 atom stereocenters. The molecule has 0 aromatic heterocycles. The van der Waals surface area contributed by atoms with Gasteiger partial charge in [-0.1, -0.05) is 32.1 Å². The van der Waals surface area contributed by atoms with Gasteiger partial charge >= 0.3 is 6.03 Å². The van der Waals surface area contributed by atoms with Gasteiger partial charge in [0.15, 0.2) is 0 Å². The van der Waals surface area contributed by atoms with E-state index >= 15 is 0 Å². The van der Waals surface area contributed by atoms with Gasteiger partial charge in [-0.05, 0) is 47.1 Å². The first-order valence-electron chi connectivity index (χ1n) is 10.8. The second-order valence-corrected chi connectivity index (χ2v) is 8.83. The maximum Gasteiger partial charge on any atom is 0.333 e. The van der Waals surface area contributed by atoms with Crippen molar-refractivity contribution in [1.82, 2.24) is 9.80 Å². The van der Waals surface area contributed by atoms with Crippen molar-refractivity contribution in [2.24, 2.45) is 5.73 Å². The highest BCUT2D eigenvalue weighted by atomic mass is 16.2. The molecule has 0 radical (unpaired) electrons. The van der Waals surface area contributed by atoms with Crippen LogP contribution in [0, 0.1) is 11.3 Å². The Morgan fingerprint density at radius 1 is 1.15 bits per heavy atom. The Morgan fingerprint density at radius 2 is 1.82 bits per heavy atom. The number of likely N-dealkylation sites (N-methyl/N-ethyl adjacent to an activating group) is 2. The summed E-state index contributed by atoms with van der Waals surface area (Å²) >= 11 is 0. The number of amides is 4. The first-order valence-corrected chi connectivity index (χ1v) is 10.8. The van der Waals surface area contributed by atoms with Crippen LogP contribution in [0.2, 0.25) is 0 Å². The molecule has 172 valence electrons. The number of nitrogens with zero attached hydrogens (tertiary/aromatic N) is 4. The van der Waals surface area contributed by atoms with Gasteiger partial charge in [0.2, 0.25) is 0 Å². The number of carbonyl (C=O) groups excluding carboxylic acids is 3. The molecule has 0 unspecified atom stereocenters. The van der Waals surface area contributed by atoms with Gasteiger partial charge in [0.25, 0.3) is 11.8 Å².